The Hall–Kier alpha value is -3.48. The van der Waals surface area contributed by atoms with Crippen LogP contribution in [0.25, 0.3) is 0 Å². The second-order valence-corrected chi connectivity index (χ2v) is 6.36. The molecule has 0 saturated carbocycles. The van der Waals surface area contributed by atoms with E-state index in [-0.39, 0.29) is 36.2 Å². The van der Waals surface area contributed by atoms with Crippen molar-refractivity contribution in [3.63, 3.8) is 0 Å². The van der Waals surface area contributed by atoms with Crippen LogP contribution in [0.3, 0.4) is 0 Å². The minimum absolute atomic E-state index is 0.0611. The highest BCUT2D eigenvalue weighted by Crippen LogP contribution is 2.27. The second-order valence-electron chi connectivity index (χ2n) is 6.36. The first-order chi connectivity index (χ1) is 14.8. The Morgan fingerprint density at radius 1 is 0.600 bits per heavy atom. The first-order valence-corrected chi connectivity index (χ1v) is 9.37. The summed E-state index contributed by atoms with van der Waals surface area (Å²) in [5, 5.41) is 0. The lowest BCUT2D eigenvalue weighted by Crippen LogP contribution is -2.08. The minimum Gasteiger partial charge on any atom is -0.467 e. The summed E-state index contributed by atoms with van der Waals surface area (Å²) < 4.78 is 22.0. The fraction of sp³-hybridized carbons (Fsp3) is 0.167. The topological polar surface area (TPSA) is 71.1 Å². The molecule has 0 aliphatic heterocycles. The van der Waals surface area contributed by atoms with Crippen molar-refractivity contribution in [1.82, 2.24) is 0 Å². The smallest absolute Gasteiger partial charge is 0.189 e. The van der Waals surface area contributed by atoms with E-state index in [0.717, 1.165) is 11.1 Å². The molecule has 3 aromatic carbocycles. The van der Waals surface area contributed by atoms with E-state index < -0.39 is 0 Å². The van der Waals surface area contributed by atoms with Crippen LogP contribution in [-0.4, -0.2) is 26.2 Å². The third-order valence-electron chi connectivity index (χ3n) is 4.21. The van der Waals surface area contributed by atoms with Crippen LogP contribution in [-0.2, 0) is 22.7 Å². The van der Waals surface area contributed by atoms with Gasteiger partial charge in [0.1, 0.15) is 11.5 Å². The number of benzene rings is 3. The Balaban J connectivity index is 1.54. The Labute approximate surface area is 175 Å². The molecule has 0 spiro atoms. The largest absolute Gasteiger partial charge is 0.467 e. The first-order valence-electron chi connectivity index (χ1n) is 9.37. The van der Waals surface area contributed by atoms with Crippen LogP contribution in [0, 0.1) is 0 Å². The monoisotopic (exact) mass is 406 g/mol. The molecular weight excluding hydrogens is 384 g/mol. The first kappa shape index (κ1) is 21.2. The fourth-order valence-electron chi connectivity index (χ4n) is 2.70. The van der Waals surface area contributed by atoms with Crippen molar-refractivity contribution in [2.75, 3.05) is 13.6 Å². The molecule has 0 aliphatic rings. The van der Waals surface area contributed by atoms with Crippen LogP contribution in [0.15, 0.2) is 72.8 Å². The Morgan fingerprint density at radius 2 is 1.00 bits per heavy atom. The Kier molecular flexibility index (Phi) is 8.14. The molecule has 0 N–H and O–H groups in total. The summed E-state index contributed by atoms with van der Waals surface area (Å²) in [6.07, 6.45) is 1.28. The van der Waals surface area contributed by atoms with Crippen molar-refractivity contribution in [2.24, 2.45) is 0 Å². The molecule has 0 radical (unpaired) electrons. The van der Waals surface area contributed by atoms with Crippen molar-refractivity contribution >= 4 is 12.6 Å². The number of hydrogen-bond acceptors (Lipinski definition) is 6. The number of rotatable bonds is 12. The molecular formula is C24H22O6. The van der Waals surface area contributed by atoms with E-state index in [1.807, 2.05) is 60.7 Å². The van der Waals surface area contributed by atoms with Gasteiger partial charge >= 0.3 is 0 Å². The predicted octanol–water partition coefficient (Wildman–Crippen LogP) is 4.42. The van der Waals surface area contributed by atoms with E-state index in [0.29, 0.717) is 25.8 Å². The standard InChI is InChI=1S/C24H22O6/c25-13-21-12-24(30-18-28-16-20-9-5-2-6-10-20)22(14-26)11-23(21)29-17-27-15-19-7-3-1-4-8-19/h1-14H,15-18H2. The number of carbonyl (C=O) groups excluding carboxylic acids is 2. The lowest BCUT2D eigenvalue weighted by Gasteiger charge is -2.14. The lowest BCUT2D eigenvalue weighted by molar-refractivity contribution is 0.00243. The molecule has 0 heterocycles. The van der Waals surface area contributed by atoms with Crippen molar-refractivity contribution in [1.29, 1.82) is 0 Å². The van der Waals surface area contributed by atoms with Crippen LogP contribution in [0.1, 0.15) is 31.8 Å². The van der Waals surface area contributed by atoms with Crippen LogP contribution in [0.4, 0.5) is 0 Å². The molecule has 3 aromatic rings. The summed E-state index contributed by atoms with van der Waals surface area (Å²) in [4.78, 5) is 22.9. The summed E-state index contributed by atoms with van der Waals surface area (Å²) in [6.45, 7) is 0.623. The highest BCUT2D eigenvalue weighted by molar-refractivity contribution is 5.87. The zero-order valence-electron chi connectivity index (χ0n) is 16.4. The highest BCUT2D eigenvalue weighted by atomic mass is 16.7. The molecule has 0 fully saturated rings. The van der Waals surface area contributed by atoms with E-state index in [4.69, 9.17) is 18.9 Å². The van der Waals surface area contributed by atoms with Crippen molar-refractivity contribution < 1.29 is 28.5 Å². The average molecular weight is 406 g/mol. The summed E-state index contributed by atoms with van der Waals surface area (Å²) in [7, 11) is 0. The lowest BCUT2D eigenvalue weighted by atomic mass is 10.1. The minimum atomic E-state index is -0.0611. The number of ether oxygens (including phenoxy) is 4. The van der Waals surface area contributed by atoms with Gasteiger partial charge in [0.15, 0.2) is 26.2 Å². The molecule has 154 valence electrons. The zero-order chi connectivity index (χ0) is 21.0. The van der Waals surface area contributed by atoms with Gasteiger partial charge in [-0.25, -0.2) is 0 Å². The van der Waals surface area contributed by atoms with Crippen molar-refractivity contribution in [3.8, 4) is 11.5 Å². The zero-order valence-corrected chi connectivity index (χ0v) is 16.4. The molecule has 6 heteroatoms. The summed E-state index contributed by atoms with van der Waals surface area (Å²) >= 11 is 0. The van der Waals surface area contributed by atoms with Crippen LogP contribution >= 0.6 is 0 Å². The Morgan fingerprint density at radius 3 is 1.37 bits per heavy atom. The average Bonchev–Trinajstić information content (AvgIpc) is 2.81. The maximum Gasteiger partial charge on any atom is 0.189 e. The quantitative estimate of drug-likeness (QED) is 0.252. The van der Waals surface area contributed by atoms with Gasteiger partial charge in [-0.2, -0.15) is 0 Å². The molecule has 30 heavy (non-hydrogen) atoms. The molecule has 0 atom stereocenters. The summed E-state index contributed by atoms with van der Waals surface area (Å²) in [5.74, 6) is 0.496. The molecule has 0 bridgehead atoms. The van der Waals surface area contributed by atoms with Gasteiger partial charge in [-0.3, -0.25) is 9.59 Å². The van der Waals surface area contributed by atoms with Crippen LogP contribution < -0.4 is 9.47 Å². The molecule has 6 nitrogen and oxygen atoms in total. The molecule has 0 saturated heterocycles. The molecule has 0 aliphatic carbocycles. The van der Waals surface area contributed by atoms with E-state index >= 15 is 0 Å². The van der Waals surface area contributed by atoms with Gasteiger partial charge in [0.25, 0.3) is 0 Å². The van der Waals surface area contributed by atoms with Gasteiger partial charge < -0.3 is 18.9 Å². The summed E-state index contributed by atoms with van der Waals surface area (Å²) in [6, 6.07) is 22.2. The van der Waals surface area contributed by atoms with E-state index in [9.17, 15) is 9.59 Å². The second kappa shape index (κ2) is 11.5. The van der Waals surface area contributed by atoms with Gasteiger partial charge in [0.2, 0.25) is 0 Å². The number of aldehydes is 2. The molecule has 0 amide bonds. The predicted molar refractivity (Wildman–Crippen MR) is 111 cm³/mol. The van der Waals surface area contributed by atoms with Gasteiger partial charge in [0.05, 0.1) is 24.3 Å². The molecule has 3 rings (SSSR count). The SMILES string of the molecule is O=Cc1cc(OCOCc2ccccc2)c(C=O)cc1OCOCc1ccccc1. The highest BCUT2D eigenvalue weighted by Gasteiger charge is 2.12. The molecule has 0 aromatic heterocycles. The van der Waals surface area contributed by atoms with E-state index in [1.54, 1.807) is 0 Å². The van der Waals surface area contributed by atoms with E-state index in [2.05, 4.69) is 0 Å². The fourth-order valence-corrected chi connectivity index (χ4v) is 2.70. The van der Waals surface area contributed by atoms with Crippen LogP contribution in [0.2, 0.25) is 0 Å². The third kappa shape index (κ3) is 6.27. The van der Waals surface area contributed by atoms with Crippen molar-refractivity contribution in [2.45, 2.75) is 13.2 Å². The number of carbonyl (C=O) groups is 2. The molecule has 0 unspecified atom stereocenters. The van der Waals surface area contributed by atoms with Crippen LogP contribution in [0.5, 0.6) is 11.5 Å². The van der Waals surface area contributed by atoms with Gasteiger partial charge in [0, 0.05) is 0 Å². The van der Waals surface area contributed by atoms with Gasteiger partial charge in [-0.05, 0) is 23.3 Å². The maximum absolute atomic E-state index is 11.5. The maximum atomic E-state index is 11.5. The van der Waals surface area contributed by atoms with E-state index in [1.165, 1.54) is 12.1 Å². The third-order valence-corrected chi connectivity index (χ3v) is 4.21. The Bertz CT molecular complexity index is 861. The normalized spacial score (nSPS) is 10.4. The number of hydrogen-bond donors (Lipinski definition) is 0. The summed E-state index contributed by atoms with van der Waals surface area (Å²) in [5.41, 5.74) is 2.51. The van der Waals surface area contributed by atoms with Gasteiger partial charge in [-0.15, -0.1) is 0 Å². The van der Waals surface area contributed by atoms with Crippen molar-refractivity contribution in [3.05, 3.63) is 95.1 Å². The van der Waals surface area contributed by atoms with Gasteiger partial charge in [-0.1, -0.05) is 60.7 Å².